The molecule has 1 N–H and O–H groups in total. The molecule has 5 nitrogen and oxygen atoms in total. The molecular weight excluding hydrogens is 500 g/mol. The maximum Gasteiger partial charge on any atom is 0.306 e. The summed E-state index contributed by atoms with van der Waals surface area (Å²) in [6, 6.07) is 0. The van der Waals surface area contributed by atoms with Gasteiger partial charge in [0.1, 0.15) is 6.10 Å². The standard InChI is InChI=1S/C35H56O5/c1-31(2)25-15-18-33(5)21-22-9-11-24-32(3,4)28(40-30(38)14-13-29(36)37)17-19-34(24,6)23(22)10-12-26(33)35(25,7)20-16-27(31)39-8/h9,23-28H,10-21H2,1-8H3,(H,36,37)/t23-,24-,25?,26?,27-,28+,33-,34+,35-/m0/s1. The van der Waals surface area contributed by atoms with E-state index in [-0.39, 0.29) is 41.2 Å². The lowest BCUT2D eigenvalue weighted by atomic mass is 9.42. The van der Waals surface area contributed by atoms with Crippen molar-refractivity contribution < 1.29 is 24.2 Å². The van der Waals surface area contributed by atoms with Gasteiger partial charge in [-0.25, -0.2) is 0 Å². The van der Waals surface area contributed by atoms with Gasteiger partial charge in [0.25, 0.3) is 0 Å². The SMILES string of the molecule is CO[C@H]1CC[C@@]2(C)C(CC[C@@]3(C)CC4=CC[C@H]5C(C)(C)[C@H](OC(=O)CCC(=O)O)CC[C@]5(C)[C@H]4CCC32)C1(C)C. The summed E-state index contributed by atoms with van der Waals surface area (Å²) < 4.78 is 12.0. The lowest BCUT2D eigenvalue weighted by Gasteiger charge is -2.64. The molecule has 2 unspecified atom stereocenters. The Morgan fingerprint density at radius 3 is 2.12 bits per heavy atom. The topological polar surface area (TPSA) is 72.8 Å². The Labute approximate surface area is 243 Å². The molecule has 0 saturated heterocycles. The van der Waals surface area contributed by atoms with Gasteiger partial charge in [0.05, 0.1) is 18.9 Å². The summed E-state index contributed by atoms with van der Waals surface area (Å²) in [5.41, 5.74) is 2.72. The fraction of sp³-hybridized carbons (Fsp3) is 0.886. The zero-order valence-corrected chi connectivity index (χ0v) is 26.6. The van der Waals surface area contributed by atoms with Crippen LogP contribution in [0.4, 0.5) is 0 Å². The monoisotopic (exact) mass is 556 g/mol. The molecule has 0 aromatic carbocycles. The minimum atomic E-state index is -0.949. The maximum absolute atomic E-state index is 12.5. The van der Waals surface area contributed by atoms with E-state index in [1.165, 1.54) is 44.9 Å². The van der Waals surface area contributed by atoms with Gasteiger partial charge in [-0.15, -0.1) is 0 Å². The van der Waals surface area contributed by atoms with Crippen molar-refractivity contribution in [2.45, 2.75) is 138 Å². The summed E-state index contributed by atoms with van der Waals surface area (Å²) in [6.07, 6.45) is 14.6. The van der Waals surface area contributed by atoms with E-state index < -0.39 is 5.97 Å². The molecule has 9 atom stereocenters. The number of hydrogen-bond acceptors (Lipinski definition) is 4. The van der Waals surface area contributed by atoms with Gasteiger partial charge in [0, 0.05) is 12.5 Å². The molecule has 0 heterocycles. The average Bonchev–Trinajstić information content (AvgIpc) is 3.01. The summed E-state index contributed by atoms with van der Waals surface area (Å²) in [4.78, 5) is 23.5. The highest BCUT2D eigenvalue weighted by molar-refractivity contribution is 5.76. The fourth-order valence-electron chi connectivity index (χ4n) is 12.0. The van der Waals surface area contributed by atoms with Crippen LogP contribution in [0.3, 0.4) is 0 Å². The van der Waals surface area contributed by atoms with Crippen LogP contribution >= 0.6 is 0 Å². The third kappa shape index (κ3) is 4.60. The molecule has 0 aromatic rings. The summed E-state index contributed by atoms with van der Waals surface area (Å²) in [6.45, 7) is 17.4. The molecule has 0 bridgehead atoms. The number of carbonyl (C=O) groups is 2. The molecule has 4 fully saturated rings. The van der Waals surface area contributed by atoms with Crippen molar-refractivity contribution in [3.8, 4) is 0 Å². The van der Waals surface area contributed by atoms with Crippen molar-refractivity contribution in [3.05, 3.63) is 11.6 Å². The lowest BCUT2D eigenvalue weighted by Crippen LogP contribution is -2.58. The van der Waals surface area contributed by atoms with Crippen molar-refractivity contribution in [2.75, 3.05) is 7.11 Å². The normalized spacial score (nSPS) is 45.5. The Morgan fingerprint density at radius 2 is 1.45 bits per heavy atom. The molecule has 0 aromatic heterocycles. The maximum atomic E-state index is 12.5. The summed E-state index contributed by atoms with van der Waals surface area (Å²) >= 11 is 0. The Balaban J connectivity index is 1.39. The van der Waals surface area contributed by atoms with E-state index in [2.05, 4.69) is 54.5 Å². The van der Waals surface area contributed by atoms with E-state index >= 15 is 0 Å². The first-order chi connectivity index (χ1) is 18.6. The number of fused-ring (bicyclic) bond motifs is 6. The van der Waals surface area contributed by atoms with Gasteiger partial charge < -0.3 is 14.6 Å². The number of methoxy groups -OCH3 is 1. The first kappa shape index (κ1) is 30.1. The first-order valence-corrected chi connectivity index (χ1v) is 16.2. The van der Waals surface area contributed by atoms with E-state index in [9.17, 15) is 9.59 Å². The van der Waals surface area contributed by atoms with Crippen molar-refractivity contribution >= 4 is 11.9 Å². The third-order valence-corrected chi connectivity index (χ3v) is 13.9. The highest BCUT2D eigenvalue weighted by Crippen LogP contribution is 2.70. The van der Waals surface area contributed by atoms with Gasteiger partial charge in [-0.3, -0.25) is 9.59 Å². The minimum absolute atomic E-state index is 0.0435. The van der Waals surface area contributed by atoms with Crippen molar-refractivity contribution in [1.29, 1.82) is 0 Å². The van der Waals surface area contributed by atoms with Crippen LogP contribution in [0.15, 0.2) is 11.6 Å². The van der Waals surface area contributed by atoms with Crippen molar-refractivity contribution in [1.82, 2.24) is 0 Å². The number of carbonyl (C=O) groups excluding carboxylic acids is 1. The molecule has 0 amide bonds. The Kier molecular flexibility index (Phi) is 7.62. The molecule has 5 aliphatic carbocycles. The van der Waals surface area contributed by atoms with E-state index in [0.29, 0.717) is 34.7 Å². The first-order valence-electron chi connectivity index (χ1n) is 16.2. The predicted octanol–water partition coefficient (Wildman–Crippen LogP) is 8.21. The van der Waals surface area contributed by atoms with Crippen LogP contribution in [0.2, 0.25) is 0 Å². The van der Waals surface area contributed by atoms with Gasteiger partial charge in [-0.2, -0.15) is 0 Å². The molecule has 5 aliphatic rings. The Bertz CT molecular complexity index is 1040. The highest BCUT2D eigenvalue weighted by atomic mass is 16.5. The molecule has 5 rings (SSSR count). The molecule has 4 saturated carbocycles. The smallest absolute Gasteiger partial charge is 0.306 e. The number of hydrogen-bond donors (Lipinski definition) is 1. The van der Waals surface area contributed by atoms with Gasteiger partial charge in [0.15, 0.2) is 0 Å². The molecule has 226 valence electrons. The summed E-state index contributed by atoms with van der Waals surface area (Å²) in [7, 11) is 1.91. The Hall–Kier alpha value is -1.36. The van der Waals surface area contributed by atoms with Crippen LogP contribution in [0, 0.1) is 50.7 Å². The second kappa shape index (κ2) is 10.1. The van der Waals surface area contributed by atoms with Crippen LogP contribution in [0.5, 0.6) is 0 Å². The van der Waals surface area contributed by atoms with Gasteiger partial charge in [-0.1, -0.05) is 60.1 Å². The second-order valence-corrected chi connectivity index (χ2v) is 16.5. The predicted molar refractivity (Wildman–Crippen MR) is 158 cm³/mol. The van der Waals surface area contributed by atoms with Crippen LogP contribution in [-0.4, -0.2) is 36.4 Å². The van der Waals surface area contributed by atoms with Crippen molar-refractivity contribution in [2.24, 2.45) is 50.7 Å². The summed E-state index contributed by atoms with van der Waals surface area (Å²) in [5.74, 6) is 1.18. The lowest BCUT2D eigenvalue weighted by molar-refractivity contribution is -0.178. The van der Waals surface area contributed by atoms with E-state index in [1.807, 2.05) is 7.11 Å². The van der Waals surface area contributed by atoms with E-state index in [0.717, 1.165) is 25.2 Å². The molecular formula is C35H56O5. The fourth-order valence-corrected chi connectivity index (χ4v) is 12.0. The number of aliphatic carboxylic acids is 1. The van der Waals surface area contributed by atoms with Gasteiger partial charge >= 0.3 is 11.9 Å². The van der Waals surface area contributed by atoms with Crippen LogP contribution in [-0.2, 0) is 19.1 Å². The minimum Gasteiger partial charge on any atom is -0.481 e. The van der Waals surface area contributed by atoms with Crippen LogP contribution < -0.4 is 0 Å². The molecule has 0 spiro atoms. The Morgan fingerprint density at radius 1 is 0.800 bits per heavy atom. The number of carboxylic acid groups (broad SMARTS) is 1. The quantitative estimate of drug-likeness (QED) is 0.273. The largest absolute Gasteiger partial charge is 0.481 e. The van der Waals surface area contributed by atoms with Crippen LogP contribution in [0.1, 0.15) is 126 Å². The number of rotatable bonds is 5. The second-order valence-electron chi connectivity index (χ2n) is 16.5. The summed E-state index contributed by atoms with van der Waals surface area (Å²) in [5, 5.41) is 9.00. The highest BCUT2D eigenvalue weighted by Gasteiger charge is 2.63. The van der Waals surface area contributed by atoms with Gasteiger partial charge in [0.2, 0.25) is 0 Å². The van der Waals surface area contributed by atoms with Crippen molar-refractivity contribution in [3.63, 3.8) is 0 Å². The zero-order valence-electron chi connectivity index (χ0n) is 26.6. The molecule has 5 heteroatoms. The molecule has 0 radical (unpaired) electrons. The average molecular weight is 557 g/mol. The van der Waals surface area contributed by atoms with E-state index in [1.54, 1.807) is 5.57 Å². The molecule has 0 aliphatic heterocycles. The van der Waals surface area contributed by atoms with Crippen LogP contribution in [0.25, 0.3) is 0 Å². The third-order valence-electron chi connectivity index (χ3n) is 13.9. The number of esters is 1. The number of carboxylic acids is 1. The number of ether oxygens (including phenoxy) is 2. The van der Waals surface area contributed by atoms with E-state index in [4.69, 9.17) is 14.6 Å². The zero-order chi connectivity index (χ0) is 29.3. The molecule has 40 heavy (non-hydrogen) atoms. The van der Waals surface area contributed by atoms with Gasteiger partial charge in [-0.05, 0) is 110 Å². The number of allylic oxidation sites excluding steroid dienone is 2.